The summed E-state index contributed by atoms with van der Waals surface area (Å²) >= 11 is 0. The van der Waals surface area contributed by atoms with E-state index in [1.54, 1.807) is 25.3 Å². The molecule has 0 saturated heterocycles. The predicted molar refractivity (Wildman–Crippen MR) is 76.6 cm³/mol. The van der Waals surface area contributed by atoms with Crippen molar-refractivity contribution in [2.24, 2.45) is 0 Å². The SMILES string of the molecule is COc1ccc(CNC(C(=O)O)c2ccccc2F)cc1. The number of nitrogens with one attached hydrogen (secondary N) is 1. The minimum atomic E-state index is -1.12. The van der Waals surface area contributed by atoms with E-state index >= 15 is 0 Å². The van der Waals surface area contributed by atoms with Crippen LogP contribution >= 0.6 is 0 Å². The van der Waals surface area contributed by atoms with E-state index in [-0.39, 0.29) is 5.56 Å². The van der Waals surface area contributed by atoms with E-state index in [0.29, 0.717) is 6.54 Å². The van der Waals surface area contributed by atoms with Crippen LogP contribution in [0.5, 0.6) is 5.75 Å². The van der Waals surface area contributed by atoms with E-state index in [2.05, 4.69) is 5.32 Å². The normalized spacial score (nSPS) is 11.9. The number of rotatable bonds is 6. The summed E-state index contributed by atoms with van der Waals surface area (Å²) in [4.78, 5) is 11.3. The van der Waals surface area contributed by atoms with Crippen molar-refractivity contribution in [1.82, 2.24) is 5.32 Å². The number of hydrogen-bond acceptors (Lipinski definition) is 3. The van der Waals surface area contributed by atoms with Gasteiger partial charge in [0, 0.05) is 12.1 Å². The molecule has 2 aromatic carbocycles. The number of methoxy groups -OCH3 is 1. The zero-order valence-electron chi connectivity index (χ0n) is 11.5. The zero-order chi connectivity index (χ0) is 15.2. The van der Waals surface area contributed by atoms with E-state index in [1.165, 1.54) is 18.2 Å². The Kier molecular flexibility index (Phi) is 4.90. The van der Waals surface area contributed by atoms with Crippen LogP contribution in [0, 0.1) is 5.82 Å². The van der Waals surface area contributed by atoms with Crippen LogP contribution in [0.4, 0.5) is 4.39 Å². The molecule has 0 fully saturated rings. The minimum absolute atomic E-state index is 0.124. The fourth-order valence-corrected chi connectivity index (χ4v) is 2.00. The molecule has 5 heteroatoms. The Labute approximate surface area is 122 Å². The summed E-state index contributed by atoms with van der Waals surface area (Å²) in [6.07, 6.45) is 0. The quantitative estimate of drug-likeness (QED) is 0.858. The third kappa shape index (κ3) is 3.79. The molecule has 2 N–H and O–H groups in total. The third-order valence-electron chi connectivity index (χ3n) is 3.13. The molecule has 0 aliphatic heterocycles. The lowest BCUT2D eigenvalue weighted by molar-refractivity contribution is -0.139. The fourth-order valence-electron chi connectivity index (χ4n) is 2.00. The standard InChI is InChI=1S/C16H16FNO3/c1-21-12-8-6-11(7-9-12)10-18-15(16(19)20)13-4-2-3-5-14(13)17/h2-9,15,18H,10H2,1H3,(H,19,20). The van der Waals surface area contributed by atoms with Crippen molar-refractivity contribution in [2.45, 2.75) is 12.6 Å². The van der Waals surface area contributed by atoms with Gasteiger partial charge in [-0.25, -0.2) is 4.39 Å². The van der Waals surface area contributed by atoms with Crippen molar-refractivity contribution in [1.29, 1.82) is 0 Å². The summed E-state index contributed by atoms with van der Waals surface area (Å²) in [5, 5.41) is 12.1. The second kappa shape index (κ2) is 6.85. The Morgan fingerprint density at radius 3 is 2.48 bits per heavy atom. The molecular weight excluding hydrogens is 273 g/mol. The van der Waals surface area contributed by atoms with Crippen molar-refractivity contribution < 1.29 is 19.0 Å². The van der Waals surface area contributed by atoms with Crippen LogP contribution in [0.15, 0.2) is 48.5 Å². The number of hydrogen-bond donors (Lipinski definition) is 2. The van der Waals surface area contributed by atoms with Gasteiger partial charge in [-0.05, 0) is 23.8 Å². The van der Waals surface area contributed by atoms with Crippen molar-refractivity contribution in [3.63, 3.8) is 0 Å². The summed E-state index contributed by atoms with van der Waals surface area (Å²) < 4.78 is 18.8. The van der Waals surface area contributed by atoms with Gasteiger partial charge < -0.3 is 9.84 Å². The highest BCUT2D eigenvalue weighted by Gasteiger charge is 2.22. The Morgan fingerprint density at radius 1 is 1.24 bits per heavy atom. The Balaban J connectivity index is 2.10. The lowest BCUT2D eigenvalue weighted by Gasteiger charge is -2.15. The van der Waals surface area contributed by atoms with E-state index in [0.717, 1.165) is 11.3 Å². The second-order valence-electron chi connectivity index (χ2n) is 4.52. The molecule has 1 atom stereocenters. The molecule has 110 valence electrons. The van der Waals surface area contributed by atoms with Gasteiger partial charge in [-0.2, -0.15) is 0 Å². The van der Waals surface area contributed by atoms with Crippen molar-refractivity contribution >= 4 is 5.97 Å². The molecular formula is C16H16FNO3. The molecule has 1 unspecified atom stereocenters. The van der Waals surface area contributed by atoms with Crippen LogP contribution in [0.25, 0.3) is 0 Å². The highest BCUT2D eigenvalue weighted by Crippen LogP contribution is 2.18. The number of halogens is 1. The molecule has 4 nitrogen and oxygen atoms in total. The topological polar surface area (TPSA) is 58.6 Å². The van der Waals surface area contributed by atoms with Gasteiger partial charge in [-0.15, -0.1) is 0 Å². The summed E-state index contributed by atoms with van der Waals surface area (Å²) in [5.74, 6) is -0.927. The Morgan fingerprint density at radius 2 is 1.90 bits per heavy atom. The maximum Gasteiger partial charge on any atom is 0.325 e. The first-order valence-corrected chi connectivity index (χ1v) is 6.45. The van der Waals surface area contributed by atoms with Crippen molar-refractivity contribution in [2.75, 3.05) is 7.11 Å². The summed E-state index contributed by atoms with van der Waals surface area (Å²) in [6, 6.07) is 12.0. The highest BCUT2D eigenvalue weighted by molar-refractivity contribution is 5.75. The first-order valence-electron chi connectivity index (χ1n) is 6.45. The molecule has 2 rings (SSSR count). The molecule has 0 aliphatic carbocycles. The fraction of sp³-hybridized carbons (Fsp3) is 0.188. The van der Waals surface area contributed by atoms with Crippen LogP contribution in [-0.4, -0.2) is 18.2 Å². The van der Waals surface area contributed by atoms with Crippen LogP contribution in [-0.2, 0) is 11.3 Å². The number of benzene rings is 2. The minimum Gasteiger partial charge on any atom is -0.497 e. The van der Waals surface area contributed by atoms with Crippen LogP contribution in [0.2, 0.25) is 0 Å². The molecule has 21 heavy (non-hydrogen) atoms. The summed E-state index contributed by atoms with van der Waals surface area (Å²) in [5.41, 5.74) is 1.01. The highest BCUT2D eigenvalue weighted by atomic mass is 19.1. The average Bonchev–Trinajstić information content (AvgIpc) is 2.49. The first kappa shape index (κ1) is 15.0. The van der Waals surface area contributed by atoms with Gasteiger partial charge in [0.1, 0.15) is 17.6 Å². The monoisotopic (exact) mass is 289 g/mol. The van der Waals surface area contributed by atoms with Crippen LogP contribution in [0.3, 0.4) is 0 Å². The molecule has 0 bridgehead atoms. The molecule has 0 spiro atoms. The number of aliphatic carboxylic acids is 1. The third-order valence-corrected chi connectivity index (χ3v) is 3.13. The molecule has 0 aromatic heterocycles. The summed E-state index contributed by atoms with van der Waals surface area (Å²) in [7, 11) is 1.58. The lowest BCUT2D eigenvalue weighted by Crippen LogP contribution is -2.28. The lowest BCUT2D eigenvalue weighted by atomic mass is 10.1. The van der Waals surface area contributed by atoms with Crippen molar-refractivity contribution in [3.05, 3.63) is 65.5 Å². The summed E-state index contributed by atoms with van der Waals surface area (Å²) in [6.45, 7) is 0.315. The zero-order valence-corrected chi connectivity index (χ0v) is 11.5. The second-order valence-corrected chi connectivity index (χ2v) is 4.52. The Bertz CT molecular complexity index is 613. The van der Waals surface area contributed by atoms with Crippen LogP contribution in [0.1, 0.15) is 17.2 Å². The first-order chi connectivity index (χ1) is 10.1. The number of carbonyl (C=O) groups is 1. The number of carboxylic acids is 1. The van der Waals surface area contributed by atoms with Gasteiger partial charge in [-0.3, -0.25) is 10.1 Å². The maximum atomic E-state index is 13.7. The van der Waals surface area contributed by atoms with E-state index in [4.69, 9.17) is 4.74 Å². The molecule has 0 saturated carbocycles. The van der Waals surface area contributed by atoms with Gasteiger partial charge in [-0.1, -0.05) is 30.3 Å². The number of carboxylic acid groups (broad SMARTS) is 1. The maximum absolute atomic E-state index is 13.7. The van der Waals surface area contributed by atoms with E-state index in [9.17, 15) is 14.3 Å². The van der Waals surface area contributed by atoms with Gasteiger partial charge in [0.05, 0.1) is 7.11 Å². The molecule has 0 radical (unpaired) electrons. The predicted octanol–water partition coefficient (Wildman–Crippen LogP) is 2.75. The number of ether oxygens (including phenoxy) is 1. The van der Waals surface area contributed by atoms with Gasteiger partial charge in [0.2, 0.25) is 0 Å². The molecule has 0 heterocycles. The van der Waals surface area contributed by atoms with Gasteiger partial charge in [0.25, 0.3) is 0 Å². The molecule has 2 aromatic rings. The molecule has 0 aliphatic rings. The van der Waals surface area contributed by atoms with Gasteiger partial charge in [0.15, 0.2) is 0 Å². The molecule has 0 amide bonds. The van der Waals surface area contributed by atoms with E-state index in [1.807, 2.05) is 12.1 Å². The Hall–Kier alpha value is -2.40. The average molecular weight is 289 g/mol. The largest absolute Gasteiger partial charge is 0.497 e. The van der Waals surface area contributed by atoms with Crippen molar-refractivity contribution in [3.8, 4) is 5.75 Å². The van der Waals surface area contributed by atoms with E-state index < -0.39 is 17.8 Å². The van der Waals surface area contributed by atoms with Crippen LogP contribution < -0.4 is 10.1 Å². The smallest absolute Gasteiger partial charge is 0.325 e. The van der Waals surface area contributed by atoms with Gasteiger partial charge >= 0.3 is 5.97 Å².